The fourth-order valence-electron chi connectivity index (χ4n) is 3.41. The molecule has 3 rings (SSSR count). The molecule has 30 heavy (non-hydrogen) atoms. The number of methoxy groups -OCH3 is 1. The topological polar surface area (TPSA) is 110 Å². The molecule has 0 saturated heterocycles. The standard InChI is InChI=1S/C21H22N2O6S/c1-12-10-14(8-9-18(12)29-3)17(11-30(4,27)28)23-20(25)15-6-5-7-16(22-13(2)24)19(15)21(23)26/h5-10,17H,11H2,1-4H3,(H,22,24)/t17-/m1/s1/i17D. The Bertz CT molecular complexity index is 1210. The zero-order valence-electron chi connectivity index (χ0n) is 18.0. The summed E-state index contributed by atoms with van der Waals surface area (Å²) in [4.78, 5) is 38.7. The van der Waals surface area contributed by atoms with Gasteiger partial charge in [-0.2, -0.15) is 0 Å². The van der Waals surface area contributed by atoms with Crippen LogP contribution in [0, 0.1) is 6.92 Å². The Morgan fingerprint density at radius 2 is 1.93 bits per heavy atom. The fourth-order valence-corrected chi connectivity index (χ4v) is 4.20. The molecule has 0 aromatic heterocycles. The van der Waals surface area contributed by atoms with E-state index >= 15 is 0 Å². The van der Waals surface area contributed by atoms with Crippen molar-refractivity contribution in [3.05, 3.63) is 58.7 Å². The zero-order valence-corrected chi connectivity index (χ0v) is 17.8. The summed E-state index contributed by atoms with van der Waals surface area (Å²) in [6.07, 6.45) is 0.938. The Hall–Kier alpha value is -3.20. The van der Waals surface area contributed by atoms with E-state index in [0.717, 1.165) is 6.26 Å². The number of ether oxygens (including phenoxy) is 1. The van der Waals surface area contributed by atoms with Crippen LogP contribution in [0.25, 0.3) is 0 Å². The molecule has 8 nitrogen and oxygen atoms in total. The van der Waals surface area contributed by atoms with Crippen LogP contribution in [-0.2, 0) is 14.6 Å². The van der Waals surface area contributed by atoms with Crippen LogP contribution >= 0.6 is 0 Å². The smallest absolute Gasteiger partial charge is 0.264 e. The number of carbonyl (C=O) groups is 3. The average molecular weight is 431 g/mol. The number of carbonyl (C=O) groups excluding carboxylic acids is 3. The van der Waals surface area contributed by atoms with Crippen LogP contribution in [0.4, 0.5) is 5.69 Å². The molecular formula is C21H22N2O6S. The molecule has 0 bridgehead atoms. The molecule has 2 aromatic carbocycles. The summed E-state index contributed by atoms with van der Waals surface area (Å²) < 4.78 is 38.7. The maximum absolute atomic E-state index is 13.3. The van der Waals surface area contributed by atoms with E-state index in [1.807, 2.05) is 0 Å². The molecule has 0 saturated carbocycles. The number of anilines is 1. The Morgan fingerprint density at radius 3 is 2.50 bits per heavy atom. The summed E-state index contributed by atoms with van der Waals surface area (Å²) in [7, 11) is -2.32. The summed E-state index contributed by atoms with van der Waals surface area (Å²) in [6, 6.07) is 6.67. The van der Waals surface area contributed by atoms with E-state index in [1.165, 1.54) is 44.4 Å². The Morgan fingerprint density at radius 1 is 1.23 bits per heavy atom. The Kier molecular flexibility index (Phi) is 5.29. The van der Waals surface area contributed by atoms with Gasteiger partial charge in [-0.15, -0.1) is 0 Å². The van der Waals surface area contributed by atoms with E-state index in [0.29, 0.717) is 16.2 Å². The Labute approximate surface area is 176 Å². The van der Waals surface area contributed by atoms with Crippen molar-refractivity contribution in [3.8, 4) is 5.75 Å². The molecule has 1 N–H and O–H groups in total. The maximum Gasteiger partial charge on any atom is 0.264 e. The van der Waals surface area contributed by atoms with Crippen molar-refractivity contribution in [1.82, 2.24) is 4.90 Å². The lowest BCUT2D eigenvalue weighted by Gasteiger charge is -2.26. The van der Waals surface area contributed by atoms with Gasteiger partial charge in [0.05, 0.1) is 37.1 Å². The minimum absolute atomic E-state index is 0.00777. The third kappa shape index (κ3) is 4.06. The normalized spacial score (nSPS) is 16.0. The molecule has 1 aliphatic rings. The van der Waals surface area contributed by atoms with Gasteiger partial charge in [0.2, 0.25) is 5.91 Å². The quantitative estimate of drug-likeness (QED) is 0.703. The van der Waals surface area contributed by atoms with E-state index in [2.05, 4.69) is 5.32 Å². The number of hydrogen-bond acceptors (Lipinski definition) is 6. The SMILES string of the molecule is [2H][C@@](CS(C)(=O)=O)(c1ccc(OC)c(C)c1)N1C(=O)c2cccc(NC(C)=O)c2C1=O. The molecule has 1 atom stereocenters. The fraction of sp³-hybridized carbons (Fsp3) is 0.286. The number of nitrogens with zero attached hydrogens (tertiary/aromatic N) is 1. The number of sulfone groups is 1. The first-order valence-electron chi connectivity index (χ1n) is 9.51. The van der Waals surface area contributed by atoms with Gasteiger partial charge in [0.15, 0.2) is 0 Å². The van der Waals surface area contributed by atoms with Gasteiger partial charge in [-0.1, -0.05) is 18.2 Å². The lowest BCUT2D eigenvalue weighted by Crippen LogP contribution is -2.37. The van der Waals surface area contributed by atoms with Crippen LogP contribution in [0.15, 0.2) is 36.4 Å². The van der Waals surface area contributed by atoms with Gasteiger partial charge < -0.3 is 10.1 Å². The lowest BCUT2D eigenvalue weighted by molar-refractivity contribution is -0.114. The van der Waals surface area contributed by atoms with Gasteiger partial charge >= 0.3 is 0 Å². The number of fused-ring (bicyclic) bond motifs is 1. The predicted octanol–water partition coefficient (Wildman–Crippen LogP) is 2.34. The predicted molar refractivity (Wildman–Crippen MR) is 111 cm³/mol. The molecule has 0 radical (unpaired) electrons. The van der Waals surface area contributed by atoms with Crippen molar-refractivity contribution in [3.63, 3.8) is 0 Å². The number of hydrogen-bond donors (Lipinski definition) is 1. The zero-order chi connectivity index (χ0) is 23.1. The van der Waals surface area contributed by atoms with Crippen molar-refractivity contribution < 1.29 is 28.9 Å². The van der Waals surface area contributed by atoms with E-state index in [1.54, 1.807) is 13.0 Å². The number of imide groups is 1. The first-order valence-corrected chi connectivity index (χ1v) is 11.1. The van der Waals surface area contributed by atoms with Gasteiger partial charge in [-0.25, -0.2) is 8.42 Å². The second-order valence-corrected chi connectivity index (χ2v) is 9.20. The average Bonchev–Trinajstić information content (AvgIpc) is 2.91. The van der Waals surface area contributed by atoms with Crippen LogP contribution in [0.1, 0.15) is 46.2 Å². The van der Waals surface area contributed by atoms with Crippen molar-refractivity contribution in [2.24, 2.45) is 0 Å². The summed E-state index contributed by atoms with van der Waals surface area (Å²) in [5.41, 5.74) is 0.801. The minimum atomic E-state index is -3.79. The van der Waals surface area contributed by atoms with Crippen LogP contribution in [-0.4, -0.2) is 50.2 Å². The van der Waals surface area contributed by atoms with Gasteiger partial charge in [0.1, 0.15) is 15.6 Å². The molecule has 3 amide bonds. The molecule has 0 spiro atoms. The van der Waals surface area contributed by atoms with Gasteiger partial charge in [-0.3, -0.25) is 19.3 Å². The molecule has 2 aromatic rings. The van der Waals surface area contributed by atoms with Crippen molar-refractivity contribution >= 4 is 33.2 Å². The molecule has 0 fully saturated rings. The summed E-state index contributed by atoms with van der Waals surface area (Å²) >= 11 is 0. The highest BCUT2D eigenvalue weighted by atomic mass is 32.2. The molecule has 1 heterocycles. The van der Waals surface area contributed by atoms with Crippen LogP contribution in [0.5, 0.6) is 5.75 Å². The van der Waals surface area contributed by atoms with Gasteiger partial charge in [0, 0.05) is 13.2 Å². The summed E-state index contributed by atoms with van der Waals surface area (Å²) in [6.45, 7) is 2.97. The number of benzene rings is 2. The highest BCUT2D eigenvalue weighted by molar-refractivity contribution is 7.90. The molecular weight excluding hydrogens is 408 g/mol. The highest BCUT2D eigenvalue weighted by Crippen LogP contribution is 2.36. The number of nitrogens with one attached hydrogen (secondary N) is 1. The second-order valence-electron chi connectivity index (χ2n) is 7.06. The van der Waals surface area contributed by atoms with E-state index in [9.17, 15) is 22.8 Å². The third-order valence-electron chi connectivity index (χ3n) is 4.62. The minimum Gasteiger partial charge on any atom is -0.496 e. The molecule has 0 aliphatic carbocycles. The first kappa shape index (κ1) is 20.1. The van der Waals surface area contributed by atoms with Gasteiger partial charge in [0.25, 0.3) is 11.8 Å². The molecule has 0 unspecified atom stereocenters. The maximum atomic E-state index is 13.3. The largest absolute Gasteiger partial charge is 0.496 e. The van der Waals surface area contributed by atoms with Crippen LogP contribution in [0.2, 0.25) is 0 Å². The molecule has 1 aliphatic heterocycles. The van der Waals surface area contributed by atoms with Gasteiger partial charge in [-0.05, 0) is 36.2 Å². The summed E-state index contributed by atoms with van der Waals surface area (Å²) in [5.74, 6) is -2.38. The van der Waals surface area contributed by atoms with Crippen molar-refractivity contribution in [1.29, 1.82) is 0 Å². The molecule has 9 heteroatoms. The number of rotatable bonds is 6. The molecule has 158 valence electrons. The van der Waals surface area contributed by atoms with Crippen molar-refractivity contribution in [2.45, 2.75) is 19.9 Å². The monoisotopic (exact) mass is 431 g/mol. The van der Waals surface area contributed by atoms with Crippen LogP contribution < -0.4 is 10.1 Å². The summed E-state index contributed by atoms with van der Waals surface area (Å²) in [5, 5.41) is 2.51. The third-order valence-corrected chi connectivity index (χ3v) is 5.42. The van der Waals surface area contributed by atoms with E-state index < -0.39 is 39.3 Å². The lowest BCUT2D eigenvalue weighted by atomic mass is 10.0. The van der Waals surface area contributed by atoms with Crippen LogP contribution in [0.3, 0.4) is 0 Å². The Balaban J connectivity index is 2.21. The van der Waals surface area contributed by atoms with E-state index in [-0.39, 0.29) is 22.4 Å². The van der Waals surface area contributed by atoms with E-state index in [4.69, 9.17) is 6.11 Å². The highest BCUT2D eigenvalue weighted by Gasteiger charge is 2.43. The first-order chi connectivity index (χ1) is 14.4. The second kappa shape index (κ2) is 7.91. The van der Waals surface area contributed by atoms with Crippen molar-refractivity contribution in [2.75, 3.05) is 24.4 Å². The number of amides is 3. The number of aryl methyl sites for hydroxylation is 1.